The molecule has 6 nitrogen and oxygen atoms in total. The van der Waals surface area contributed by atoms with Crippen LogP contribution >= 0.6 is 0 Å². The number of hydrogen-bond acceptors (Lipinski definition) is 4. The molecule has 2 amide bonds. The molecule has 2 atom stereocenters. The molecular weight excluding hydrogens is 330 g/mol. The van der Waals surface area contributed by atoms with Crippen molar-refractivity contribution in [3.63, 3.8) is 0 Å². The number of anilines is 1. The Morgan fingerprint density at radius 1 is 1.08 bits per heavy atom. The van der Waals surface area contributed by atoms with Crippen LogP contribution in [-0.4, -0.2) is 18.4 Å². The molecule has 2 aromatic carbocycles. The lowest BCUT2D eigenvalue weighted by Crippen LogP contribution is -2.29. The van der Waals surface area contributed by atoms with E-state index in [1.807, 2.05) is 0 Å². The van der Waals surface area contributed by atoms with Gasteiger partial charge in [-0.2, -0.15) is 0 Å². The molecule has 2 aromatic rings. The molecule has 1 aliphatic carbocycles. The fraction of sp³-hybridized carbons (Fsp3) is 0.300. The van der Waals surface area contributed by atoms with Crippen LogP contribution in [0.3, 0.4) is 0 Å². The molecule has 0 unspecified atom stereocenters. The van der Waals surface area contributed by atoms with Crippen LogP contribution in [0.4, 0.5) is 5.69 Å². The smallest absolute Gasteiger partial charge is 0.252 e. The van der Waals surface area contributed by atoms with Gasteiger partial charge in [-0.3, -0.25) is 9.59 Å². The summed E-state index contributed by atoms with van der Waals surface area (Å²) < 4.78 is 5.73. The quantitative estimate of drug-likeness (QED) is 0.742. The highest BCUT2D eigenvalue weighted by Crippen LogP contribution is 2.32. The van der Waals surface area contributed by atoms with Gasteiger partial charge in [-0.1, -0.05) is 18.6 Å². The molecule has 0 aliphatic heterocycles. The maximum Gasteiger partial charge on any atom is 0.252 e. The largest absolute Gasteiger partial charge is 0.457 e. The van der Waals surface area contributed by atoms with Crippen LogP contribution in [0.25, 0.3) is 0 Å². The Morgan fingerprint density at radius 2 is 1.81 bits per heavy atom. The topological polar surface area (TPSA) is 107 Å². The third kappa shape index (κ3) is 4.03. The van der Waals surface area contributed by atoms with E-state index in [2.05, 4.69) is 5.32 Å². The Hall–Kier alpha value is -2.86. The maximum absolute atomic E-state index is 12.4. The number of benzene rings is 2. The highest BCUT2D eigenvalue weighted by molar-refractivity contribution is 5.95. The van der Waals surface area contributed by atoms with Crippen molar-refractivity contribution in [1.29, 1.82) is 0 Å². The van der Waals surface area contributed by atoms with E-state index < -0.39 is 5.91 Å². The van der Waals surface area contributed by atoms with Crippen molar-refractivity contribution in [3.8, 4) is 11.5 Å². The van der Waals surface area contributed by atoms with E-state index >= 15 is 0 Å². The molecule has 0 heterocycles. The Kier molecular flexibility index (Phi) is 5.53. The van der Waals surface area contributed by atoms with Crippen molar-refractivity contribution in [2.24, 2.45) is 23.3 Å². The van der Waals surface area contributed by atoms with Gasteiger partial charge in [0.25, 0.3) is 5.91 Å². The van der Waals surface area contributed by atoms with E-state index in [1.165, 1.54) is 0 Å². The van der Waals surface area contributed by atoms with E-state index in [4.69, 9.17) is 16.2 Å². The molecule has 0 aromatic heterocycles. The summed E-state index contributed by atoms with van der Waals surface area (Å²) in [6.07, 6.45) is 2.95. The summed E-state index contributed by atoms with van der Waals surface area (Å²) in [6.45, 7) is 0.546. The molecule has 0 saturated heterocycles. The normalized spacial score (nSPS) is 19.1. The second-order valence-corrected chi connectivity index (χ2v) is 6.51. The molecule has 1 aliphatic rings. The summed E-state index contributed by atoms with van der Waals surface area (Å²) in [6, 6.07) is 13.8. The lowest BCUT2D eigenvalue weighted by molar-refractivity contribution is -0.120. The molecular formula is C20H23N3O3. The monoisotopic (exact) mass is 353 g/mol. The molecule has 136 valence electrons. The summed E-state index contributed by atoms with van der Waals surface area (Å²) >= 11 is 0. The first kappa shape index (κ1) is 17.9. The van der Waals surface area contributed by atoms with Gasteiger partial charge >= 0.3 is 0 Å². The summed E-state index contributed by atoms with van der Waals surface area (Å²) in [5, 5.41) is 2.94. The van der Waals surface area contributed by atoms with E-state index in [-0.39, 0.29) is 17.7 Å². The van der Waals surface area contributed by atoms with Crippen molar-refractivity contribution < 1.29 is 14.3 Å². The van der Waals surface area contributed by atoms with Gasteiger partial charge in [0, 0.05) is 11.6 Å². The average molecular weight is 353 g/mol. The lowest BCUT2D eigenvalue weighted by atomic mass is 9.95. The molecule has 0 bridgehead atoms. The number of para-hydroxylation sites is 1. The highest BCUT2D eigenvalue weighted by Gasteiger charge is 2.31. The summed E-state index contributed by atoms with van der Waals surface area (Å²) in [4.78, 5) is 23.9. The van der Waals surface area contributed by atoms with Crippen LogP contribution in [0, 0.1) is 11.8 Å². The molecule has 26 heavy (non-hydrogen) atoms. The van der Waals surface area contributed by atoms with E-state index in [0.29, 0.717) is 29.3 Å². The van der Waals surface area contributed by atoms with Gasteiger partial charge in [-0.15, -0.1) is 0 Å². The lowest BCUT2D eigenvalue weighted by Gasteiger charge is -2.17. The molecule has 5 N–H and O–H groups in total. The van der Waals surface area contributed by atoms with Gasteiger partial charge in [0.2, 0.25) is 5.91 Å². The van der Waals surface area contributed by atoms with Crippen molar-refractivity contribution >= 4 is 17.5 Å². The summed E-state index contributed by atoms with van der Waals surface area (Å²) in [5.74, 6) is 0.674. The van der Waals surface area contributed by atoms with Crippen molar-refractivity contribution in [2.45, 2.75) is 19.3 Å². The minimum Gasteiger partial charge on any atom is -0.457 e. The van der Waals surface area contributed by atoms with Crippen LogP contribution in [0.5, 0.6) is 11.5 Å². The van der Waals surface area contributed by atoms with Gasteiger partial charge in [-0.05, 0) is 61.7 Å². The number of ether oxygens (including phenoxy) is 1. The third-order valence-corrected chi connectivity index (χ3v) is 4.80. The van der Waals surface area contributed by atoms with Crippen LogP contribution in [0.15, 0.2) is 48.5 Å². The molecule has 1 fully saturated rings. The Bertz CT molecular complexity index is 789. The number of hydrogen-bond donors (Lipinski definition) is 3. The average Bonchev–Trinajstić information content (AvgIpc) is 3.12. The van der Waals surface area contributed by atoms with E-state index in [1.54, 1.807) is 48.5 Å². The zero-order chi connectivity index (χ0) is 18.5. The van der Waals surface area contributed by atoms with Gasteiger partial charge in [0.05, 0.1) is 5.56 Å². The number of nitrogens with one attached hydrogen (secondary N) is 1. The number of nitrogens with two attached hydrogens (primary N) is 2. The highest BCUT2D eigenvalue weighted by atomic mass is 16.5. The van der Waals surface area contributed by atoms with Crippen LogP contribution in [-0.2, 0) is 4.79 Å². The predicted molar refractivity (Wildman–Crippen MR) is 100.0 cm³/mol. The van der Waals surface area contributed by atoms with Gasteiger partial charge in [0.15, 0.2) is 0 Å². The van der Waals surface area contributed by atoms with Gasteiger partial charge < -0.3 is 21.5 Å². The van der Waals surface area contributed by atoms with Crippen LogP contribution < -0.4 is 21.5 Å². The second-order valence-electron chi connectivity index (χ2n) is 6.51. The predicted octanol–water partition coefficient (Wildman–Crippen LogP) is 2.89. The van der Waals surface area contributed by atoms with Crippen molar-refractivity contribution in [3.05, 3.63) is 54.1 Å². The Balaban J connectivity index is 1.66. The zero-order valence-corrected chi connectivity index (χ0v) is 14.5. The summed E-state index contributed by atoms with van der Waals surface area (Å²) in [5.41, 5.74) is 12.1. The number of amides is 2. The standard InChI is InChI=1S/C20H23N3O3/c21-12-13-4-3-6-16(13)20(25)23-14-8-10-15(11-9-14)26-18-7-2-1-5-17(18)19(22)24/h1-2,5,7-11,13,16H,3-4,6,12,21H2,(H2,22,24)(H,23,25)/t13-,16-/m1/s1. The molecule has 0 radical (unpaired) electrons. The molecule has 0 spiro atoms. The Morgan fingerprint density at radius 3 is 2.50 bits per heavy atom. The van der Waals surface area contributed by atoms with Crippen LogP contribution in [0.1, 0.15) is 29.6 Å². The van der Waals surface area contributed by atoms with Crippen molar-refractivity contribution in [1.82, 2.24) is 0 Å². The molecule has 6 heteroatoms. The fourth-order valence-electron chi connectivity index (χ4n) is 3.39. The van der Waals surface area contributed by atoms with Crippen molar-refractivity contribution in [2.75, 3.05) is 11.9 Å². The zero-order valence-electron chi connectivity index (χ0n) is 14.5. The summed E-state index contributed by atoms with van der Waals surface area (Å²) in [7, 11) is 0. The minimum atomic E-state index is -0.546. The fourth-order valence-corrected chi connectivity index (χ4v) is 3.39. The van der Waals surface area contributed by atoms with E-state index in [9.17, 15) is 9.59 Å². The maximum atomic E-state index is 12.4. The second kappa shape index (κ2) is 8.01. The Labute approximate surface area is 152 Å². The number of rotatable bonds is 6. The number of primary amides is 1. The first-order valence-electron chi connectivity index (χ1n) is 8.76. The third-order valence-electron chi connectivity index (χ3n) is 4.80. The molecule has 3 rings (SSSR count). The van der Waals surface area contributed by atoms with Crippen LogP contribution in [0.2, 0.25) is 0 Å². The molecule has 1 saturated carbocycles. The first-order chi connectivity index (χ1) is 12.6. The first-order valence-corrected chi connectivity index (χ1v) is 8.76. The number of carbonyl (C=O) groups is 2. The SMILES string of the molecule is NC[C@H]1CCC[C@H]1C(=O)Nc1ccc(Oc2ccccc2C(N)=O)cc1. The number of carbonyl (C=O) groups excluding carboxylic acids is 2. The van der Waals surface area contributed by atoms with Gasteiger partial charge in [0.1, 0.15) is 11.5 Å². The van der Waals surface area contributed by atoms with E-state index in [0.717, 1.165) is 19.3 Å². The minimum absolute atomic E-state index is 0.0154. The van der Waals surface area contributed by atoms with Gasteiger partial charge in [-0.25, -0.2) is 0 Å².